The van der Waals surface area contributed by atoms with Crippen LogP contribution in [0, 0.1) is 6.92 Å². The number of anilines is 1. The molecule has 3 aromatic rings. The van der Waals surface area contributed by atoms with Gasteiger partial charge in [0.1, 0.15) is 23.1 Å². The maximum Gasteiger partial charge on any atom is 0.341 e. The first-order chi connectivity index (χ1) is 16.2. The Morgan fingerprint density at radius 3 is 2.56 bits per heavy atom. The van der Waals surface area contributed by atoms with E-state index in [2.05, 4.69) is 21.2 Å². The van der Waals surface area contributed by atoms with Crippen LogP contribution in [0.25, 0.3) is 0 Å². The number of hydrogen-bond acceptors (Lipinski definition) is 7. The summed E-state index contributed by atoms with van der Waals surface area (Å²) >= 11 is 4.44. The average Bonchev–Trinajstić information content (AvgIpc) is 3.41. The summed E-state index contributed by atoms with van der Waals surface area (Å²) in [5.41, 5.74) is 0.628. The number of carbonyl (C=O) groups is 3. The predicted octanol–water partition coefficient (Wildman–Crippen LogP) is 5.51. The van der Waals surface area contributed by atoms with E-state index in [1.54, 1.807) is 27.1 Å². The van der Waals surface area contributed by atoms with Crippen molar-refractivity contribution in [3.05, 3.63) is 68.4 Å². The van der Waals surface area contributed by atoms with Gasteiger partial charge in [-0.05, 0) is 59.1 Å². The number of hydrogen-bond donors (Lipinski definition) is 1. The molecule has 1 aromatic carbocycles. The van der Waals surface area contributed by atoms with Gasteiger partial charge in [-0.25, -0.2) is 4.79 Å². The maximum absolute atomic E-state index is 12.9. The fraction of sp³-hybridized carbons (Fsp3) is 0.292. The summed E-state index contributed by atoms with van der Waals surface area (Å²) in [6.45, 7) is 3.91. The van der Waals surface area contributed by atoms with Crippen molar-refractivity contribution in [1.82, 2.24) is 4.90 Å². The largest absolute Gasteiger partial charge is 0.484 e. The Morgan fingerprint density at radius 2 is 1.88 bits per heavy atom. The van der Waals surface area contributed by atoms with Crippen molar-refractivity contribution in [2.75, 3.05) is 26.0 Å². The quantitative estimate of drug-likeness (QED) is 0.354. The Labute approximate surface area is 210 Å². The summed E-state index contributed by atoms with van der Waals surface area (Å²) in [6.07, 6.45) is 0.650. The lowest BCUT2D eigenvalue weighted by atomic mass is 10.1. The SMILES string of the molecule is CCCOC(=O)c1c(NC(=O)c2ccc(COc3ccccc3Br)o2)sc(C(=O)N(C)C)c1C. The van der Waals surface area contributed by atoms with Crippen LogP contribution in [-0.4, -0.2) is 43.4 Å². The number of para-hydroxylation sites is 1. The third kappa shape index (κ3) is 5.87. The highest BCUT2D eigenvalue weighted by Crippen LogP contribution is 2.35. The Balaban J connectivity index is 1.79. The number of halogens is 1. The number of nitrogens with zero attached hydrogens (tertiary/aromatic N) is 1. The molecular formula is C24H25BrN2O6S. The van der Waals surface area contributed by atoms with Crippen LogP contribution in [0.1, 0.15) is 55.3 Å². The van der Waals surface area contributed by atoms with Crippen LogP contribution < -0.4 is 10.1 Å². The zero-order valence-corrected chi connectivity index (χ0v) is 21.7. The normalized spacial score (nSPS) is 10.6. The first kappa shape index (κ1) is 25.5. The van der Waals surface area contributed by atoms with E-state index in [0.717, 1.165) is 15.8 Å². The van der Waals surface area contributed by atoms with E-state index < -0.39 is 11.9 Å². The molecule has 10 heteroatoms. The summed E-state index contributed by atoms with van der Waals surface area (Å²) in [4.78, 5) is 39.9. The molecule has 2 heterocycles. The summed E-state index contributed by atoms with van der Waals surface area (Å²) in [5, 5.41) is 2.93. The van der Waals surface area contributed by atoms with Gasteiger partial charge in [-0.1, -0.05) is 19.1 Å². The first-order valence-corrected chi connectivity index (χ1v) is 12.1. The van der Waals surface area contributed by atoms with Gasteiger partial charge in [-0.15, -0.1) is 11.3 Å². The lowest BCUT2D eigenvalue weighted by molar-refractivity contribution is 0.0506. The lowest BCUT2D eigenvalue weighted by Crippen LogP contribution is -2.21. The van der Waals surface area contributed by atoms with Gasteiger partial charge < -0.3 is 24.1 Å². The topological polar surface area (TPSA) is 98.1 Å². The molecule has 180 valence electrons. The second kappa shape index (κ2) is 11.3. The molecule has 0 unspecified atom stereocenters. The number of rotatable bonds is 9. The highest BCUT2D eigenvalue weighted by Gasteiger charge is 2.28. The Hall–Kier alpha value is -3.11. The minimum atomic E-state index is -0.592. The van der Waals surface area contributed by atoms with Gasteiger partial charge in [0.25, 0.3) is 11.8 Å². The third-order valence-corrected chi connectivity index (χ3v) is 6.56. The molecular weight excluding hydrogens is 524 g/mol. The van der Waals surface area contributed by atoms with E-state index in [4.69, 9.17) is 13.9 Å². The van der Waals surface area contributed by atoms with Gasteiger partial charge in [0, 0.05) is 14.1 Å². The number of esters is 1. The second-order valence-corrected chi connectivity index (χ2v) is 9.41. The highest BCUT2D eigenvalue weighted by molar-refractivity contribution is 9.10. The molecule has 0 atom stereocenters. The molecule has 0 radical (unpaired) electrons. The Morgan fingerprint density at radius 1 is 1.15 bits per heavy atom. The van der Waals surface area contributed by atoms with Crippen LogP contribution in [0.4, 0.5) is 5.00 Å². The van der Waals surface area contributed by atoms with Gasteiger partial charge in [-0.3, -0.25) is 9.59 Å². The van der Waals surface area contributed by atoms with E-state index in [9.17, 15) is 14.4 Å². The molecule has 2 aromatic heterocycles. The zero-order valence-electron chi connectivity index (χ0n) is 19.3. The monoisotopic (exact) mass is 548 g/mol. The zero-order chi connectivity index (χ0) is 24.8. The minimum absolute atomic E-state index is 0.0464. The second-order valence-electron chi connectivity index (χ2n) is 7.53. The number of benzene rings is 1. The number of carbonyl (C=O) groups excluding carboxylic acids is 3. The minimum Gasteiger partial charge on any atom is -0.484 e. The van der Waals surface area contributed by atoms with Gasteiger partial charge in [0.05, 0.1) is 21.5 Å². The Bertz CT molecular complexity index is 1200. The molecule has 1 N–H and O–H groups in total. The van der Waals surface area contributed by atoms with Crippen molar-refractivity contribution >= 4 is 50.1 Å². The molecule has 34 heavy (non-hydrogen) atoms. The molecule has 0 fully saturated rings. The molecule has 0 bridgehead atoms. The number of furan rings is 1. The van der Waals surface area contributed by atoms with Gasteiger partial charge in [0.15, 0.2) is 5.76 Å². The molecule has 0 aliphatic carbocycles. The van der Waals surface area contributed by atoms with Crippen molar-refractivity contribution in [1.29, 1.82) is 0 Å². The van der Waals surface area contributed by atoms with Gasteiger partial charge in [0.2, 0.25) is 0 Å². The number of ether oxygens (including phenoxy) is 2. The van der Waals surface area contributed by atoms with Crippen LogP contribution in [0.3, 0.4) is 0 Å². The molecule has 0 aliphatic heterocycles. The van der Waals surface area contributed by atoms with E-state index >= 15 is 0 Å². The molecule has 0 saturated carbocycles. The summed E-state index contributed by atoms with van der Waals surface area (Å²) in [6, 6.07) is 10.6. The van der Waals surface area contributed by atoms with Crippen LogP contribution in [-0.2, 0) is 11.3 Å². The highest BCUT2D eigenvalue weighted by atomic mass is 79.9. The number of amides is 2. The number of thiophene rings is 1. The molecule has 3 rings (SSSR count). The van der Waals surface area contributed by atoms with Crippen molar-refractivity contribution < 1.29 is 28.3 Å². The smallest absolute Gasteiger partial charge is 0.341 e. The standard InChI is InChI=1S/C24H25BrN2O6S/c1-5-12-31-24(30)19-14(2)20(23(29)27(3)4)34-22(19)26-21(28)18-11-10-15(33-18)13-32-17-9-7-6-8-16(17)25/h6-11H,5,12-13H2,1-4H3,(H,26,28). The van der Waals surface area contributed by atoms with Crippen LogP contribution >= 0.6 is 27.3 Å². The fourth-order valence-electron chi connectivity index (χ4n) is 2.97. The van der Waals surface area contributed by atoms with Crippen LogP contribution in [0.2, 0.25) is 0 Å². The fourth-order valence-corrected chi connectivity index (χ4v) is 4.58. The summed E-state index contributed by atoms with van der Waals surface area (Å²) in [7, 11) is 3.24. The van der Waals surface area contributed by atoms with Gasteiger partial charge in [-0.2, -0.15) is 0 Å². The average molecular weight is 549 g/mol. The van der Waals surface area contributed by atoms with Crippen molar-refractivity contribution in [2.45, 2.75) is 26.9 Å². The van der Waals surface area contributed by atoms with Crippen molar-refractivity contribution in [3.8, 4) is 5.75 Å². The van der Waals surface area contributed by atoms with Crippen LogP contribution in [0.5, 0.6) is 5.75 Å². The maximum atomic E-state index is 12.9. The van der Waals surface area contributed by atoms with E-state index in [-0.39, 0.29) is 35.4 Å². The Kier molecular flexibility index (Phi) is 8.51. The third-order valence-electron chi connectivity index (χ3n) is 4.71. The summed E-state index contributed by atoms with van der Waals surface area (Å²) in [5.74, 6) is -0.267. The van der Waals surface area contributed by atoms with Crippen molar-refractivity contribution in [3.63, 3.8) is 0 Å². The molecule has 8 nitrogen and oxygen atoms in total. The van der Waals surface area contributed by atoms with Crippen molar-refractivity contribution in [2.24, 2.45) is 0 Å². The molecule has 2 amide bonds. The molecule has 0 aliphatic rings. The number of nitrogens with one attached hydrogen (secondary N) is 1. The lowest BCUT2D eigenvalue weighted by Gasteiger charge is -2.09. The molecule has 0 saturated heterocycles. The van der Waals surface area contributed by atoms with E-state index in [1.165, 1.54) is 11.0 Å². The first-order valence-electron chi connectivity index (χ1n) is 10.5. The van der Waals surface area contributed by atoms with E-state index in [0.29, 0.717) is 28.4 Å². The van der Waals surface area contributed by atoms with Crippen LogP contribution in [0.15, 0.2) is 45.3 Å². The molecule has 0 spiro atoms. The summed E-state index contributed by atoms with van der Waals surface area (Å²) < 4.78 is 17.4. The van der Waals surface area contributed by atoms with E-state index in [1.807, 2.05) is 31.2 Å². The van der Waals surface area contributed by atoms with Gasteiger partial charge >= 0.3 is 5.97 Å². The predicted molar refractivity (Wildman–Crippen MR) is 133 cm³/mol.